The zero-order chi connectivity index (χ0) is 13.9. The Kier molecular flexibility index (Phi) is 3.85. The molecule has 0 aliphatic carbocycles. The van der Waals surface area contributed by atoms with Crippen molar-refractivity contribution in [3.8, 4) is 0 Å². The summed E-state index contributed by atoms with van der Waals surface area (Å²) in [6.07, 6.45) is 0.427. The highest BCUT2D eigenvalue weighted by molar-refractivity contribution is 9.10. The summed E-state index contributed by atoms with van der Waals surface area (Å²) in [5.41, 5.74) is 0.835. The Morgan fingerprint density at radius 3 is 2.70 bits per heavy atom. The van der Waals surface area contributed by atoms with Crippen LogP contribution in [0.3, 0.4) is 0 Å². The first-order chi connectivity index (χ1) is 9.70. The molecular formula is C16H12BrNOS. The molecule has 0 fully saturated rings. The standard InChI is InChI=1S/C16H12BrNOS/c17-13-5-3-12-9-14(6-4-11(12)8-13)18-16(19)10-15-2-1-7-20-15/h1-9H,10H2,(H,18,19). The molecule has 3 aromatic rings. The fourth-order valence-electron chi connectivity index (χ4n) is 2.07. The van der Waals surface area contributed by atoms with Gasteiger partial charge in [0.25, 0.3) is 0 Å². The maximum atomic E-state index is 12.0. The second kappa shape index (κ2) is 5.77. The van der Waals surface area contributed by atoms with Crippen LogP contribution in [-0.4, -0.2) is 5.91 Å². The number of benzene rings is 2. The third-order valence-corrected chi connectivity index (χ3v) is 4.37. The Morgan fingerprint density at radius 2 is 1.90 bits per heavy atom. The average molecular weight is 346 g/mol. The van der Waals surface area contributed by atoms with E-state index in [1.54, 1.807) is 11.3 Å². The number of amides is 1. The van der Waals surface area contributed by atoms with Gasteiger partial charge in [-0.2, -0.15) is 0 Å². The van der Waals surface area contributed by atoms with Crippen molar-refractivity contribution in [2.75, 3.05) is 5.32 Å². The average Bonchev–Trinajstić information content (AvgIpc) is 2.91. The Hall–Kier alpha value is -1.65. The first-order valence-corrected chi connectivity index (χ1v) is 7.89. The molecule has 0 spiro atoms. The molecule has 1 N–H and O–H groups in total. The molecule has 0 saturated carbocycles. The maximum absolute atomic E-state index is 12.0. The lowest BCUT2D eigenvalue weighted by atomic mass is 10.1. The van der Waals surface area contributed by atoms with Gasteiger partial charge in [-0.1, -0.05) is 34.1 Å². The molecule has 3 rings (SSSR count). The minimum Gasteiger partial charge on any atom is -0.326 e. The van der Waals surface area contributed by atoms with Crippen LogP contribution in [-0.2, 0) is 11.2 Å². The maximum Gasteiger partial charge on any atom is 0.229 e. The predicted molar refractivity (Wildman–Crippen MR) is 88.3 cm³/mol. The summed E-state index contributed by atoms with van der Waals surface area (Å²) in [7, 11) is 0. The number of anilines is 1. The molecule has 0 atom stereocenters. The van der Waals surface area contributed by atoms with E-state index in [2.05, 4.69) is 27.3 Å². The molecule has 20 heavy (non-hydrogen) atoms. The molecule has 2 nitrogen and oxygen atoms in total. The van der Waals surface area contributed by atoms with Crippen molar-refractivity contribution in [1.82, 2.24) is 0 Å². The lowest BCUT2D eigenvalue weighted by Crippen LogP contribution is -2.13. The molecule has 2 aromatic carbocycles. The molecule has 0 aliphatic heterocycles. The van der Waals surface area contributed by atoms with Crippen molar-refractivity contribution in [2.24, 2.45) is 0 Å². The molecule has 100 valence electrons. The lowest BCUT2D eigenvalue weighted by Gasteiger charge is -2.06. The minimum absolute atomic E-state index is 0.0175. The third kappa shape index (κ3) is 3.08. The Balaban J connectivity index is 1.77. The van der Waals surface area contributed by atoms with Crippen molar-refractivity contribution in [3.05, 3.63) is 63.3 Å². The predicted octanol–water partition coefficient (Wildman–Crippen LogP) is 4.85. The van der Waals surface area contributed by atoms with E-state index in [-0.39, 0.29) is 5.91 Å². The SMILES string of the molecule is O=C(Cc1cccs1)Nc1ccc2cc(Br)ccc2c1. The van der Waals surface area contributed by atoms with Crippen molar-refractivity contribution < 1.29 is 4.79 Å². The summed E-state index contributed by atoms with van der Waals surface area (Å²) in [4.78, 5) is 13.0. The third-order valence-electron chi connectivity index (χ3n) is 3.00. The first kappa shape index (κ1) is 13.3. The second-order valence-electron chi connectivity index (χ2n) is 4.51. The number of hydrogen-bond acceptors (Lipinski definition) is 2. The number of hydrogen-bond donors (Lipinski definition) is 1. The van der Waals surface area contributed by atoms with E-state index < -0.39 is 0 Å². The highest BCUT2D eigenvalue weighted by Gasteiger charge is 2.05. The van der Waals surface area contributed by atoms with Gasteiger partial charge in [0.2, 0.25) is 5.91 Å². The first-order valence-electron chi connectivity index (χ1n) is 6.22. The van der Waals surface area contributed by atoms with E-state index in [4.69, 9.17) is 0 Å². The van der Waals surface area contributed by atoms with Gasteiger partial charge in [0.05, 0.1) is 6.42 Å². The molecule has 0 saturated heterocycles. The summed E-state index contributed by atoms with van der Waals surface area (Å²) >= 11 is 5.06. The number of halogens is 1. The second-order valence-corrected chi connectivity index (χ2v) is 6.46. The van der Waals surface area contributed by atoms with Crippen LogP contribution in [0.4, 0.5) is 5.69 Å². The number of carbonyl (C=O) groups excluding carboxylic acids is 1. The van der Waals surface area contributed by atoms with Crippen LogP contribution in [0.25, 0.3) is 10.8 Å². The zero-order valence-corrected chi connectivity index (χ0v) is 13.0. The Labute approximate surface area is 129 Å². The number of rotatable bonds is 3. The zero-order valence-electron chi connectivity index (χ0n) is 10.6. The molecule has 0 radical (unpaired) electrons. The monoisotopic (exact) mass is 345 g/mol. The molecule has 0 unspecified atom stereocenters. The van der Waals surface area contributed by atoms with Crippen molar-refractivity contribution in [3.63, 3.8) is 0 Å². The van der Waals surface area contributed by atoms with E-state index >= 15 is 0 Å². The van der Waals surface area contributed by atoms with E-state index in [9.17, 15) is 4.79 Å². The lowest BCUT2D eigenvalue weighted by molar-refractivity contribution is -0.115. The summed E-state index contributed by atoms with van der Waals surface area (Å²) in [6.45, 7) is 0. The van der Waals surface area contributed by atoms with E-state index in [1.807, 2.05) is 47.8 Å². The molecule has 1 amide bonds. The van der Waals surface area contributed by atoms with Crippen molar-refractivity contribution >= 4 is 49.6 Å². The van der Waals surface area contributed by atoms with E-state index in [0.29, 0.717) is 6.42 Å². The summed E-state index contributed by atoms with van der Waals surface area (Å²) in [5, 5.41) is 7.19. The van der Waals surface area contributed by atoms with Crippen molar-refractivity contribution in [1.29, 1.82) is 0 Å². The van der Waals surface area contributed by atoms with Gasteiger partial charge in [0.1, 0.15) is 0 Å². The highest BCUT2D eigenvalue weighted by Crippen LogP contribution is 2.23. The summed E-state index contributed by atoms with van der Waals surface area (Å²) in [5.74, 6) is 0.0175. The number of nitrogens with one attached hydrogen (secondary N) is 1. The van der Waals surface area contributed by atoms with E-state index in [0.717, 1.165) is 25.8 Å². The van der Waals surface area contributed by atoms with Crippen LogP contribution in [0.5, 0.6) is 0 Å². The Morgan fingerprint density at radius 1 is 1.10 bits per heavy atom. The molecule has 1 heterocycles. The van der Waals surface area contributed by atoms with Gasteiger partial charge in [-0.15, -0.1) is 11.3 Å². The number of thiophene rings is 1. The molecule has 0 aliphatic rings. The topological polar surface area (TPSA) is 29.1 Å². The van der Waals surface area contributed by atoms with Gasteiger partial charge in [-0.05, 0) is 46.5 Å². The summed E-state index contributed by atoms with van der Waals surface area (Å²) < 4.78 is 1.06. The normalized spacial score (nSPS) is 10.7. The fraction of sp³-hybridized carbons (Fsp3) is 0.0625. The van der Waals surface area contributed by atoms with Crippen LogP contribution < -0.4 is 5.32 Å². The van der Waals surface area contributed by atoms with Gasteiger partial charge in [0, 0.05) is 15.0 Å². The molecule has 1 aromatic heterocycles. The van der Waals surface area contributed by atoms with Crippen LogP contribution in [0.2, 0.25) is 0 Å². The van der Waals surface area contributed by atoms with Crippen LogP contribution in [0.1, 0.15) is 4.88 Å². The van der Waals surface area contributed by atoms with Crippen LogP contribution in [0.15, 0.2) is 58.4 Å². The quantitative estimate of drug-likeness (QED) is 0.722. The number of carbonyl (C=O) groups is 1. The molecule has 4 heteroatoms. The molecular weight excluding hydrogens is 334 g/mol. The van der Waals surface area contributed by atoms with Gasteiger partial charge in [-0.3, -0.25) is 4.79 Å². The van der Waals surface area contributed by atoms with Gasteiger partial charge < -0.3 is 5.32 Å². The smallest absolute Gasteiger partial charge is 0.229 e. The van der Waals surface area contributed by atoms with Crippen LogP contribution >= 0.6 is 27.3 Å². The van der Waals surface area contributed by atoms with Gasteiger partial charge >= 0.3 is 0 Å². The number of fused-ring (bicyclic) bond motifs is 1. The minimum atomic E-state index is 0.0175. The highest BCUT2D eigenvalue weighted by atomic mass is 79.9. The van der Waals surface area contributed by atoms with Gasteiger partial charge in [-0.25, -0.2) is 0 Å². The van der Waals surface area contributed by atoms with Crippen LogP contribution in [0, 0.1) is 0 Å². The van der Waals surface area contributed by atoms with Crippen molar-refractivity contribution in [2.45, 2.75) is 6.42 Å². The summed E-state index contributed by atoms with van der Waals surface area (Å²) in [6, 6.07) is 16.0. The van der Waals surface area contributed by atoms with Gasteiger partial charge in [0.15, 0.2) is 0 Å². The Bertz CT molecular complexity index is 752. The largest absolute Gasteiger partial charge is 0.326 e. The van der Waals surface area contributed by atoms with E-state index in [1.165, 1.54) is 0 Å². The molecule has 0 bridgehead atoms. The fourth-order valence-corrected chi connectivity index (χ4v) is 3.15.